The number of hydrogen-bond acceptors (Lipinski definition) is 5. The summed E-state index contributed by atoms with van der Waals surface area (Å²) >= 11 is 0. The van der Waals surface area contributed by atoms with Crippen molar-refractivity contribution in [2.24, 2.45) is 0 Å². The summed E-state index contributed by atoms with van der Waals surface area (Å²) < 4.78 is 36.9. The van der Waals surface area contributed by atoms with Gasteiger partial charge in [-0.1, -0.05) is 12.1 Å². The number of halogens is 2. The molecule has 1 aliphatic heterocycles. The van der Waals surface area contributed by atoms with Gasteiger partial charge in [0.2, 0.25) is 0 Å². The van der Waals surface area contributed by atoms with Crippen LogP contribution in [0.4, 0.5) is 14.5 Å². The van der Waals surface area contributed by atoms with Gasteiger partial charge >= 0.3 is 11.8 Å². The van der Waals surface area contributed by atoms with Crippen LogP contribution in [0.25, 0.3) is 0 Å². The van der Waals surface area contributed by atoms with Crippen LogP contribution in [0.3, 0.4) is 0 Å². The number of rotatable bonds is 6. The highest BCUT2D eigenvalue weighted by Gasteiger charge is 2.24. The van der Waals surface area contributed by atoms with Crippen molar-refractivity contribution in [3.05, 3.63) is 59.7 Å². The van der Waals surface area contributed by atoms with E-state index in [-0.39, 0.29) is 18.3 Å². The maximum Gasteiger partial charge on any atom is 0.313 e. The molecule has 1 atom stereocenters. The second kappa shape index (κ2) is 10.1. The minimum atomic E-state index is -1.11. The lowest BCUT2D eigenvalue weighted by atomic mass is 10.0. The Balaban J connectivity index is 1.65. The van der Waals surface area contributed by atoms with Gasteiger partial charge in [-0.15, -0.1) is 0 Å². The summed E-state index contributed by atoms with van der Waals surface area (Å²) in [6.45, 7) is 2.73. The van der Waals surface area contributed by atoms with Crippen LogP contribution < -0.4 is 15.4 Å². The Kier molecular flexibility index (Phi) is 7.31. The van der Waals surface area contributed by atoms with Gasteiger partial charge in [0.25, 0.3) is 0 Å². The van der Waals surface area contributed by atoms with Gasteiger partial charge in [0.1, 0.15) is 5.75 Å². The molecule has 2 amide bonds. The molecule has 0 aliphatic carbocycles. The first kappa shape index (κ1) is 21.7. The number of anilines is 1. The van der Waals surface area contributed by atoms with Crippen LogP contribution in [0.1, 0.15) is 11.6 Å². The Morgan fingerprint density at radius 1 is 1.07 bits per heavy atom. The molecule has 0 unspecified atom stereocenters. The highest BCUT2D eigenvalue weighted by molar-refractivity contribution is 6.39. The minimum absolute atomic E-state index is 0.00562. The first-order valence-corrected chi connectivity index (χ1v) is 9.48. The molecule has 0 radical (unpaired) electrons. The van der Waals surface area contributed by atoms with E-state index >= 15 is 0 Å². The number of ether oxygens (including phenoxy) is 2. The number of nitrogens with zero attached hydrogens (tertiary/aromatic N) is 1. The van der Waals surface area contributed by atoms with Crippen molar-refractivity contribution in [3.8, 4) is 5.75 Å². The molecule has 3 rings (SSSR count). The third-order valence-electron chi connectivity index (χ3n) is 4.83. The first-order valence-electron chi connectivity index (χ1n) is 9.48. The summed E-state index contributed by atoms with van der Waals surface area (Å²) in [7, 11) is 1.58. The fraction of sp³-hybridized carbons (Fsp3) is 0.333. The lowest BCUT2D eigenvalue weighted by Gasteiger charge is -2.34. The number of benzene rings is 2. The smallest absolute Gasteiger partial charge is 0.313 e. The van der Waals surface area contributed by atoms with Crippen molar-refractivity contribution >= 4 is 17.5 Å². The van der Waals surface area contributed by atoms with E-state index in [0.717, 1.165) is 23.4 Å². The van der Waals surface area contributed by atoms with Crippen molar-refractivity contribution in [1.82, 2.24) is 10.2 Å². The van der Waals surface area contributed by atoms with E-state index in [1.807, 2.05) is 24.3 Å². The standard InChI is InChI=1S/C21H23F2N3O4/c1-29-16-5-2-14(3-6-16)19(26-8-10-30-11-9-26)13-24-20(27)21(28)25-15-4-7-17(22)18(23)12-15/h2-7,12,19H,8-11,13H2,1H3,(H,24,27)(H,25,28)/t19-/m0/s1. The largest absolute Gasteiger partial charge is 0.497 e. The van der Waals surface area contributed by atoms with Crippen LogP contribution in [0, 0.1) is 11.6 Å². The highest BCUT2D eigenvalue weighted by Crippen LogP contribution is 2.23. The van der Waals surface area contributed by atoms with E-state index in [4.69, 9.17) is 9.47 Å². The quantitative estimate of drug-likeness (QED) is 0.701. The van der Waals surface area contributed by atoms with Crippen LogP contribution in [-0.2, 0) is 14.3 Å². The van der Waals surface area contributed by atoms with Gasteiger partial charge in [-0.3, -0.25) is 14.5 Å². The molecule has 9 heteroatoms. The molecule has 0 bridgehead atoms. The second-order valence-corrected chi connectivity index (χ2v) is 6.73. The monoisotopic (exact) mass is 419 g/mol. The van der Waals surface area contributed by atoms with Gasteiger partial charge in [-0.25, -0.2) is 8.78 Å². The Morgan fingerprint density at radius 2 is 1.77 bits per heavy atom. The Morgan fingerprint density at radius 3 is 2.40 bits per heavy atom. The lowest BCUT2D eigenvalue weighted by molar-refractivity contribution is -0.136. The number of carbonyl (C=O) groups excluding carboxylic acids is 2. The molecule has 7 nitrogen and oxygen atoms in total. The van der Waals surface area contributed by atoms with Crippen LogP contribution in [0.15, 0.2) is 42.5 Å². The molecular weight excluding hydrogens is 396 g/mol. The maximum absolute atomic E-state index is 13.3. The fourth-order valence-corrected chi connectivity index (χ4v) is 3.20. The van der Waals surface area contributed by atoms with Crippen LogP contribution in [0.5, 0.6) is 5.75 Å². The fourth-order valence-electron chi connectivity index (χ4n) is 3.20. The van der Waals surface area contributed by atoms with Crippen LogP contribution in [-0.4, -0.2) is 56.7 Å². The zero-order valence-corrected chi connectivity index (χ0v) is 16.5. The molecule has 160 valence electrons. The average molecular weight is 419 g/mol. The molecule has 30 heavy (non-hydrogen) atoms. The SMILES string of the molecule is COc1ccc([C@H](CNC(=O)C(=O)Nc2ccc(F)c(F)c2)N2CCOCC2)cc1. The maximum atomic E-state index is 13.3. The van der Waals surface area contributed by atoms with Crippen molar-refractivity contribution in [2.75, 3.05) is 45.3 Å². The van der Waals surface area contributed by atoms with Gasteiger partial charge in [0.15, 0.2) is 11.6 Å². The Hall–Kier alpha value is -3.04. The molecule has 2 aromatic carbocycles. The molecule has 0 spiro atoms. The summed E-state index contributed by atoms with van der Waals surface area (Å²) in [5.41, 5.74) is 0.952. The zero-order chi connectivity index (χ0) is 21.5. The number of hydrogen-bond donors (Lipinski definition) is 2. The third kappa shape index (κ3) is 5.52. The van der Waals surface area contributed by atoms with Gasteiger partial charge in [0, 0.05) is 31.4 Å². The van der Waals surface area contributed by atoms with Crippen molar-refractivity contribution in [1.29, 1.82) is 0 Å². The van der Waals surface area contributed by atoms with E-state index < -0.39 is 23.4 Å². The topological polar surface area (TPSA) is 79.9 Å². The van der Waals surface area contributed by atoms with Gasteiger partial charge in [-0.2, -0.15) is 0 Å². The molecule has 0 aromatic heterocycles. The molecule has 2 aromatic rings. The minimum Gasteiger partial charge on any atom is -0.497 e. The van der Waals surface area contributed by atoms with Crippen molar-refractivity contribution in [2.45, 2.75) is 6.04 Å². The molecule has 1 heterocycles. The van der Waals surface area contributed by atoms with Gasteiger partial charge in [-0.05, 0) is 29.8 Å². The number of nitrogens with one attached hydrogen (secondary N) is 2. The Labute approximate surface area is 173 Å². The summed E-state index contributed by atoms with van der Waals surface area (Å²) in [5, 5.41) is 4.88. The van der Waals surface area contributed by atoms with Crippen LogP contribution >= 0.6 is 0 Å². The highest BCUT2D eigenvalue weighted by atomic mass is 19.2. The van der Waals surface area contributed by atoms with Gasteiger partial charge < -0.3 is 20.1 Å². The molecule has 2 N–H and O–H groups in total. The molecular formula is C21H23F2N3O4. The van der Waals surface area contributed by atoms with Crippen LogP contribution in [0.2, 0.25) is 0 Å². The normalized spacial score (nSPS) is 15.3. The van der Waals surface area contributed by atoms with E-state index in [2.05, 4.69) is 15.5 Å². The summed E-state index contributed by atoms with van der Waals surface area (Å²) in [5.74, 6) is -3.26. The molecule has 1 saturated heterocycles. The van der Waals surface area contributed by atoms with E-state index in [9.17, 15) is 18.4 Å². The van der Waals surface area contributed by atoms with E-state index in [1.165, 1.54) is 6.07 Å². The molecule has 1 aliphatic rings. The predicted octanol–water partition coefficient (Wildman–Crippen LogP) is 2.10. The van der Waals surface area contributed by atoms with Gasteiger partial charge in [0.05, 0.1) is 26.4 Å². The van der Waals surface area contributed by atoms with Crippen molar-refractivity contribution < 1.29 is 27.8 Å². The van der Waals surface area contributed by atoms with E-state index in [0.29, 0.717) is 26.3 Å². The van der Waals surface area contributed by atoms with E-state index in [1.54, 1.807) is 7.11 Å². The number of methoxy groups -OCH3 is 1. The third-order valence-corrected chi connectivity index (χ3v) is 4.83. The average Bonchev–Trinajstić information content (AvgIpc) is 2.77. The second-order valence-electron chi connectivity index (χ2n) is 6.73. The summed E-state index contributed by atoms with van der Waals surface area (Å²) in [6.07, 6.45) is 0. The lowest BCUT2D eigenvalue weighted by Crippen LogP contribution is -2.45. The summed E-state index contributed by atoms with van der Waals surface area (Å²) in [6, 6.07) is 10.2. The first-order chi connectivity index (χ1) is 14.5. The number of amides is 2. The molecule has 0 saturated carbocycles. The Bertz CT molecular complexity index is 886. The number of carbonyl (C=O) groups is 2. The summed E-state index contributed by atoms with van der Waals surface area (Å²) in [4.78, 5) is 26.6. The van der Waals surface area contributed by atoms with Crippen molar-refractivity contribution in [3.63, 3.8) is 0 Å². The molecule has 1 fully saturated rings. The predicted molar refractivity (Wildman–Crippen MR) is 106 cm³/mol. The zero-order valence-electron chi connectivity index (χ0n) is 16.5. The number of morpholine rings is 1.